The summed E-state index contributed by atoms with van der Waals surface area (Å²) < 4.78 is 10.3. The molecule has 0 N–H and O–H groups in total. The standard InChI is InChI=1S/C14H21NO3/c1-6-18-13(16)9-15(4)14-11(3)7-10(2)8-12(14)17-5/h7-8H,6,9H2,1-5H3. The molecule has 0 amide bonds. The zero-order valence-electron chi connectivity index (χ0n) is 11.7. The van der Waals surface area contributed by atoms with Gasteiger partial charge in [-0.2, -0.15) is 0 Å². The highest BCUT2D eigenvalue weighted by Crippen LogP contribution is 2.32. The smallest absolute Gasteiger partial charge is 0.325 e. The molecule has 0 atom stereocenters. The Kier molecular flexibility index (Phi) is 5.01. The van der Waals surface area contributed by atoms with Crippen molar-refractivity contribution in [2.24, 2.45) is 0 Å². The molecule has 0 aliphatic rings. The number of carbonyl (C=O) groups excluding carboxylic acids is 1. The van der Waals surface area contributed by atoms with Crippen LogP contribution in [0.5, 0.6) is 5.75 Å². The molecule has 0 saturated heterocycles. The van der Waals surface area contributed by atoms with E-state index in [9.17, 15) is 4.79 Å². The van der Waals surface area contributed by atoms with Gasteiger partial charge in [-0.1, -0.05) is 6.07 Å². The van der Waals surface area contributed by atoms with Crippen molar-refractivity contribution in [3.05, 3.63) is 23.3 Å². The summed E-state index contributed by atoms with van der Waals surface area (Å²) in [5.41, 5.74) is 3.15. The van der Waals surface area contributed by atoms with Crippen molar-refractivity contribution in [1.82, 2.24) is 0 Å². The number of carbonyl (C=O) groups is 1. The van der Waals surface area contributed by atoms with E-state index in [0.29, 0.717) is 6.61 Å². The molecule has 18 heavy (non-hydrogen) atoms. The lowest BCUT2D eigenvalue weighted by Crippen LogP contribution is -2.28. The van der Waals surface area contributed by atoms with Crippen molar-refractivity contribution in [2.75, 3.05) is 32.2 Å². The van der Waals surface area contributed by atoms with Gasteiger partial charge in [-0.05, 0) is 38.0 Å². The van der Waals surface area contributed by atoms with Crippen LogP contribution in [0.2, 0.25) is 0 Å². The van der Waals surface area contributed by atoms with E-state index in [4.69, 9.17) is 9.47 Å². The van der Waals surface area contributed by atoms with Crippen molar-refractivity contribution < 1.29 is 14.3 Å². The number of aryl methyl sites for hydroxylation is 2. The maximum absolute atomic E-state index is 11.5. The predicted molar refractivity (Wildman–Crippen MR) is 72.4 cm³/mol. The number of ether oxygens (including phenoxy) is 2. The lowest BCUT2D eigenvalue weighted by molar-refractivity contribution is -0.141. The summed E-state index contributed by atoms with van der Waals surface area (Å²) in [6.07, 6.45) is 0. The van der Waals surface area contributed by atoms with E-state index < -0.39 is 0 Å². The molecule has 0 spiro atoms. The van der Waals surface area contributed by atoms with Crippen LogP contribution in [-0.4, -0.2) is 33.3 Å². The molecule has 0 bridgehead atoms. The maximum atomic E-state index is 11.5. The van der Waals surface area contributed by atoms with Gasteiger partial charge in [0, 0.05) is 7.05 Å². The first kappa shape index (κ1) is 14.4. The average Bonchev–Trinajstić information content (AvgIpc) is 2.27. The Balaban J connectivity index is 2.97. The van der Waals surface area contributed by atoms with Gasteiger partial charge in [0.25, 0.3) is 0 Å². The molecule has 0 saturated carbocycles. The van der Waals surface area contributed by atoms with Crippen LogP contribution < -0.4 is 9.64 Å². The van der Waals surface area contributed by atoms with Crippen LogP contribution >= 0.6 is 0 Å². The summed E-state index contributed by atoms with van der Waals surface area (Å²) in [4.78, 5) is 13.4. The number of rotatable bonds is 5. The number of methoxy groups -OCH3 is 1. The number of esters is 1. The Labute approximate surface area is 108 Å². The number of hydrogen-bond acceptors (Lipinski definition) is 4. The van der Waals surface area contributed by atoms with E-state index in [1.54, 1.807) is 14.0 Å². The molecular weight excluding hydrogens is 230 g/mol. The van der Waals surface area contributed by atoms with E-state index in [1.165, 1.54) is 0 Å². The minimum Gasteiger partial charge on any atom is -0.495 e. The molecule has 0 heterocycles. The molecule has 0 unspecified atom stereocenters. The largest absolute Gasteiger partial charge is 0.495 e. The maximum Gasteiger partial charge on any atom is 0.325 e. The van der Waals surface area contributed by atoms with Crippen molar-refractivity contribution in [1.29, 1.82) is 0 Å². The zero-order valence-corrected chi connectivity index (χ0v) is 11.7. The summed E-state index contributed by atoms with van der Waals surface area (Å²) in [6.45, 7) is 6.44. The third-order valence-corrected chi connectivity index (χ3v) is 2.68. The van der Waals surface area contributed by atoms with E-state index in [2.05, 4.69) is 6.07 Å². The first-order valence-corrected chi connectivity index (χ1v) is 6.01. The van der Waals surface area contributed by atoms with Crippen LogP contribution in [0, 0.1) is 13.8 Å². The molecule has 4 nitrogen and oxygen atoms in total. The van der Waals surface area contributed by atoms with Gasteiger partial charge >= 0.3 is 5.97 Å². The fraction of sp³-hybridized carbons (Fsp3) is 0.500. The van der Waals surface area contributed by atoms with Crippen LogP contribution in [0.4, 0.5) is 5.69 Å². The monoisotopic (exact) mass is 251 g/mol. The molecule has 4 heteroatoms. The highest BCUT2D eigenvalue weighted by molar-refractivity contribution is 5.77. The molecular formula is C14H21NO3. The van der Waals surface area contributed by atoms with Gasteiger partial charge in [-0.25, -0.2) is 0 Å². The van der Waals surface area contributed by atoms with Crippen LogP contribution in [0.25, 0.3) is 0 Å². The van der Waals surface area contributed by atoms with Crippen LogP contribution in [-0.2, 0) is 9.53 Å². The van der Waals surface area contributed by atoms with E-state index >= 15 is 0 Å². The second-order valence-corrected chi connectivity index (χ2v) is 4.29. The molecule has 1 aromatic carbocycles. The SMILES string of the molecule is CCOC(=O)CN(C)c1c(C)cc(C)cc1OC. The van der Waals surface area contributed by atoms with Gasteiger partial charge in [0.05, 0.1) is 19.4 Å². The van der Waals surface area contributed by atoms with Crippen molar-refractivity contribution in [3.8, 4) is 5.75 Å². The Hall–Kier alpha value is -1.71. The molecule has 1 aromatic rings. The summed E-state index contributed by atoms with van der Waals surface area (Å²) in [7, 11) is 3.49. The molecule has 100 valence electrons. The van der Waals surface area contributed by atoms with Gasteiger partial charge in [-0.15, -0.1) is 0 Å². The Bertz CT molecular complexity index is 429. The van der Waals surface area contributed by atoms with E-state index in [1.807, 2.05) is 31.9 Å². The van der Waals surface area contributed by atoms with Crippen LogP contribution in [0.1, 0.15) is 18.1 Å². The van der Waals surface area contributed by atoms with Gasteiger partial charge in [0.1, 0.15) is 12.3 Å². The van der Waals surface area contributed by atoms with Gasteiger partial charge in [0.2, 0.25) is 0 Å². The Morgan fingerprint density at radius 3 is 2.56 bits per heavy atom. The third kappa shape index (κ3) is 3.39. The molecule has 0 aliphatic carbocycles. The van der Waals surface area contributed by atoms with Gasteiger partial charge in [-0.3, -0.25) is 4.79 Å². The minimum absolute atomic E-state index is 0.216. The quantitative estimate of drug-likeness (QED) is 0.753. The number of nitrogens with zero attached hydrogens (tertiary/aromatic N) is 1. The van der Waals surface area contributed by atoms with Crippen LogP contribution in [0.15, 0.2) is 12.1 Å². The first-order chi connectivity index (χ1) is 8.49. The Morgan fingerprint density at radius 2 is 2.00 bits per heavy atom. The van der Waals surface area contributed by atoms with Crippen molar-refractivity contribution in [2.45, 2.75) is 20.8 Å². The van der Waals surface area contributed by atoms with E-state index in [-0.39, 0.29) is 12.5 Å². The number of anilines is 1. The second-order valence-electron chi connectivity index (χ2n) is 4.29. The number of benzene rings is 1. The van der Waals surface area contributed by atoms with Crippen LogP contribution in [0.3, 0.4) is 0 Å². The number of likely N-dealkylation sites (N-methyl/N-ethyl adjacent to an activating group) is 1. The Morgan fingerprint density at radius 1 is 1.33 bits per heavy atom. The summed E-state index contributed by atoms with van der Waals surface area (Å²) >= 11 is 0. The molecule has 0 fully saturated rings. The van der Waals surface area contributed by atoms with E-state index in [0.717, 1.165) is 22.6 Å². The minimum atomic E-state index is -0.234. The second kappa shape index (κ2) is 6.28. The van der Waals surface area contributed by atoms with Gasteiger partial charge < -0.3 is 14.4 Å². The third-order valence-electron chi connectivity index (χ3n) is 2.68. The zero-order chi connectivity index (χ0) is 13.7. The summed E-state index contributed by atoms with van der Waals surface area (Å²) in [6, 6.07) is 4.03. The first-order valence-electron chi connectivity index (χ1n) is 6.01. The lowest BCUT2D eigenvalue weighted by atomic mass is 10.1. The van der Waals surface area contributed by atoms with Crippen molar-refractivity contribution in [3.63, 3.8) is 0 Å². The highest BCUT2D eigenvalue weighted by atomic mass is 16.5. The highest BCUT2D eigenvalue weighted by Gasteiger charge is 2.15. The molecule has 0 aliphatic heterocycles. The molecule has 0 radical (unpaired) electrons. The fourth-order valence-corrected chi connectivity index (χ4v) is 2.05. The average molecular weight is 251 g/mol. The lowest BCUT2D eigenvalue weighted by Gasteiger charge is -2.23. The van der Waals surface area contributed by atoms with Gasteiger partial charge in [0.15, 0.2) is 0 Å². The molecule has 1 rings (SSSR count). The topological polar surface area (TPSA) is 38.8 Å². The summed E-state index contributed by atoms with van der Waals surface area (Å²) in [5, 5.41) is 0. The molecule has 0 aromatic heterocycles. The fourth-order valence-electron chi connectivity index (χ4n) is 2.05. The predicted octanol–water partition coefficient (Wildman–Crippen LogP) is 2.31. The normalized spacial score (nSPS) is 10.1. The van der Waals surface area contributed by atoms with Crippen molar-refractivity contribution >= 4 is 11.7 Å². The number of hydrogen-bond donors (Lipinski definition) is 0. The summed E-state index contributed by atoms with van der Waals surface area (Å²) in [5.74, 6) is 0.543.